The van der Waals surface area contributed by atoms with Gasteiger partial charge < -0.3 is 5.32 Å². The summed E-state index contributed by atoms with van der Waals surface area (Å²) in [4.78, 5) is 0. The van der Waals surface area contributed by atoms with E-state index in [4.69, 9.17) is 0 Å². The van der Waals surface area contributed by atoms with E-state index in [1.54, 1.807) is 0 Å². The first kappa shape index (κ1) is 13.1. The minimum atomic E-state index is -0.441. The molecule has 0 saturated carbocycles. The molecule has 0 amide bonds. The van der Waals surface area contributed by atoms with Crippen LogP contribution in [0.5, 0.6) is 0 Å². The second-order valence-electron chi connectivity index (χ2n) is 4.40. The van der Waals surface area contributed by atoms with Crippen molar-refractivity contribution < 1.29 is 8.78 Å². The molecule has 0 heterocycles. The molecule has 1 aromatic rings. The molecule has 0 fully saturated rings. The third-order valence-electron chi connectivity index (χ3n) is 2.39. The van der Waals surface area contributed by atoms with Gasteiger partial charge in [-0.15, -0.1) is 0 Å². The Labute approximate surface area is 95.9 Å². The van der Waals surface area contributed by atoms with Crippen LogP contribution in [0.1, 0.15) is 25.8 Å². The van der Waals surface area contributed by atoms with E-state index < -0.39 is 11.6 Å². The van der Waals surface area contributed by atoms with Crippen LogP contribution in [0.25, 0.3) is 0 Å². The summed E-state index contributed by atoms with van der Waals surface area (Å²) in [5.74, 6) is -0.280. The van der Waals surface area contributed by atoms with Crippen molar-refractivity contribution in [2.75, 3.05) is 13.1 Å². The van der Waals surface area contributed by atoms with E-state index in [0.717, 1.165) is 19.5 Å². The third kappa shape index (κ3) is 4.27. The van der Waals surface area contributed by atoms with E-state index in [1.807, 2.05) is 0 Å². The molecule has 0 bridgehead atoms. The molecule has 0 radical (unpaired) electrons. The second kappa shape index (κ2) is 6.59. The highest BCUT2D eigenvalue weighted by Gasteiger charge is 2.07. The smallest absolute Gasteiger partial charge is 0.129 e. The quantitative estimate of drug-likeness (QED) is 0.736. The van der Waals surface area contributed by atoms with Gasteiger partial charge in [0, 0.05) is 5.56 Å². The van der Waals surface area contributed by atoms with E-state index >= 15 is 0 Å². The molecule has 0 unspecified atom stereocenters. The summed E-state index contributed by atoms with van der Waals surface area (Å²) in [5.41, 5.74) is 0.203. The van der Waals surface area contributed by atoms with Crippen LogP contribution in [0.15, 0.2) is 18.2 Å². The first-order valence-corrected chi connectivity index (χ1v) is 5.75. The summed E-state index contributed by atoms with van der Waals surface area (Å²) in [7, 11) is 0. The lowest BCUT2D eigenvalue weighted by Gasteiger charge is -2.08. The van der Waals surface area contributed by atoms with Crippen LogP contribution in [-0.2, 0) is 6.42 Å². The predicted molar refractivity (Wildman–Crippen MR) is 62.4 cm³/mol. The van der Waals surface area contributed by atoms with Gasteiger partial charge in [-0.05, 0) is 44.0 Å². The van der Waals surface area contributed by atoms with Gasteiger partial charge in [0.2, 0.25) is 0 Å². The number of nitrogens with one attached hydrogen (secondary N) is 1. The lowest BCUT2D eigenvalue weighted by molar-refractivity contribution is 0.523. The molecule has 16 heavy (non-hydrogen) atoms. The molecule has 1 aromatic carbocycles. The fourth-order valence-corrected chi connectivity index (χ4v) is 1.55. The van der Waals surface area contributed by atoms with Gasteiger partial charge in [-0.2, -0.15) is 0 Å². The lowest BCUT2D eigenvalue weighted by atomic mass is 10.1. The molecule has 0 aromatic heterocycles. The van der Waals surface area contributed by atoms with Crippen molar-refractivity contribution in [3.63, 3.8) is 0 Å². The van der Waals surface area contributed by atoms with Gasteiger partial charge in [0.05, 0.1) is 0 Å². The Morgan fingerprint density at radius 3 is 2.38 bits per heavy atom. The minimum absolute atomic E-state index is 0.203. The summed E-state index contributed by atoms with van der Waals surface area (Å²) in [6.45, 7) is 6.00. The number of hydrogen-bond donors (Lipinski definition) is 1. The van der Waals surface area contributed by atoms with Crippen LogP contribution < -0.4 is 5.32 Å². The molecule has 0 aliphatic rings. The number of halogens is 2. The minimum Gasteiger partial charge on any atom is -0.316 e. The molecule has 1 N–H and O–H groups in total. The highest BCUT2D eigenvalue weighted by atomic mass is 19.1. The zero-order valence-electron chi connectivity index (χ0n) is 9.89. The van der Waals surface area contributed by atoms with Crippen LogP contribution in [0.2, 0.25) is 0 Å². The van der Waals surface area contributed by atoms with E-state index in [9.17, 15) is 8.78 Å². The van der Waals surface area contributed by atoms with Gasteiger partial charge in [0.25, 0.3) is 0 Å². The molecule has 0 aliphatic heterocycles. The Morgan fingerprint density at radius 1 is 1.19 bits per heavy atom. The van der Waals surface area contributed by atoms with Crippen molar-refractivity contribution in [1.82, 2.24) is 5.32 Å². The maximum atomic E-state index is 13.2. The predicted octanol–water partition coefficient (Wildman–Crippen LogP) is 3.14. The van der Waals surface area contributed by atoms with Gasteiger partial charge in [-0.25, -0.2) is 8.78 Å². The Morgan fingerprint density at radius 2 is 1.81 bits per heavy atom. The van der Waals surface area contributed by atoms with Gasteiger partial charge >= 0.3 is 0 Å². The molecule has 3 heteroatoms. The first-order chi connectivity index (χ1) is 7.61. The van der Waals surface area contributed by atoms with Crippen molar-refractivity contribution >= 4 is 0 Å². The van der Waals surface area contributed by atoms with Gasteiger partial charge in [-0.3, -0.25) is 0 Å². The second-order valence-corrected chi connectivity index (χ2v) is 4.40. The summed E-state index contributed by atoms with van der Waals surface area (Å²) in [5, 5.41) is 3.25. The SMILES string of the molecule is CC(C)CNCCCc1c(F)cccc1F. The van der Waals surface area contributed by atoms with Crippen molar-refractivity contribution in [3.8, 4) is 0 Å². The molecule has 0 atom stereocenters. The van der Waals surface area contributed by atoms with Gasteiger partial charge in [-0.1, -0.05) is 19.9 Å². The number of rotatable bonds is 6. The highest BCUT2D eigenvalue weighted by molar-refractivity contribution is 5.19. The number of hydrogen-bond acceptors (Lipinski definition) is 1. The average Bonchev–Trinajstić information content (AvgIpc) is 2.21. The van der Waals surface area contributed by atoms with Crippen LogP contribution in [0.4, 0.5) is 8.78 Å². The van der Waals surface area contributed by atoms with Crippen LogP contribution in [-0.4, -0.2) is 13.1 Å². The molecule has 0 spiro atoms. The van der Waals surface area contributed by atoms with Crippen molar-refractivity contribution in [1.29, 1.82) is 0 Å². The van der Waals surface area contributed by atoms with E-state index in [-0.39, 0.29) is 5.56 Å². The topological polar surface area (TPSA) is 12.0 Å². The molecule has 0 aliphatic carbocycles. The maximum Gasteiger partial charge on any atom is 0.129 e. The first-order valence-electron chi connectivity index (χ1n) is 5.75. The summed E-state index contributed by atoms with van der Waals surface area (Å²) in [6, 6.07) is 4.01. The van der Waals surface area contributed by atoms with Crippen LogP contribution in [0, 0.1) is 17.6 Å². The summed E-state index contributed by atoms with van der Waals surface area (Å²) in [6.07, 6.45) is 1.20. The largest absolute Gasteiger partial charge is 0.316 e. The molecule has 0 saturated heterocycles. The van der Waals surface area contributed by atoms with Crippen molar-refractivity contribution in [2.24, 2.45) is 5.92 Å². The van der Waals surface area contributed by atoms with Crippen LogP contribution >= 0.6 is 0 Å². The van der Waals surface area contributed by atoms with E-state index in [2.05, 4.69) is 19.2 Å². The van der Waals surface area contributed by atoms with E-state index in [0.29, 0.717) is 12.3 Å². The van der Waals surface area contributed by atoms with Crippen LogP contribution in [0.3, 0.4) is 0 Å². The van der Waals surface area contributed by atoms with Crippen molar-refractivity contribution in [3.05, 3.63) is 35.4 Å². The lowest BCUT2D eigenvalue weighted by Crippen LogP contribution is -2.21. The molecule has 1 nitrogen and oxygen atoms in total. The summed E-state index contributed by atoms with van der Waals surface area (Å²) >= 11 is 0. The Hall–Kier alpha value is -0.960. The molecule has 1 rings (SSSR count). The van der Waals surface area contributed by atoms with Gasteiger partial charge in [0.1, 0.15) is 11.6 Å². The normalized spacial score (nSPS) is 11.1. The molecular weight excluding hydrogens is 208 g/mol. The number of benzene rings is 1. The Balaban J connectivity index is 2.32. The van der Waals surface area contributed by atoms with Gasteiger partial charge in [0.15, 0.2) is 0 Å². The monoisotopic (exact) mass is 227 g/mol. The fraction of sp³-hybridized carbons (Fsp3) is 0.538. The van der Waals surface area contributed by atoms with E-state index in [1.165, 1.54) is 18.2 Å². The van der Waals surface area contributed by atoms with Crippen molar-refractivity contribution in [2.45, 2.75) is 26.7 Å². The maximum absolute atomic E-state index is 13.2. The molecular formula is C13H19F2N. The molecule has 90 valence electrons. The zero-order chi connectivity index (χ0) is 12.0. The fourth-order valence-electron chi connectivity index (χ4n) is 1.55. The average molecular weight is 227 g/mol. The highest BCUT2D eigenvalue weighted by Crippen LogP contribution is 2.13. The third-order valence-corrected chi connectivity index (χ3v) is 2.39. The standard InChI is InChI=1S/C13H19F2N/c1-10(2)9-16-8-4-5-11-12(14)6-3-7-13(11)15/h3,6-7,10,16H,4-5,8-9H2,1-2H3. The Kier molecular flexibility index (Phi) is 5.39. The summed E-state index contributed by atoms with van der Waals surface area (Å²) < 4.78 is 26.5. The Bertz CT molecular complexity index is 303. The zero-order valence-corrected chi connectivity index (χ0v) is 9.89.